The van der Waals surface area contributed by atoms with Gasteiger partial charge in [0.15, 0.2) is 12.1 Å². The first-order valence-electron chi connectivity index (χ1n) is 15.8. The number of ether oxygens (including phenoxy) is 3. The van der Waals surface area contributed by atoms with Crippen molar-refractivity contribution in [3.05, 3.63) is 81.4 Å². The molecule has 6 rings (SSSR count). The molecule has 3 aromatic rings. The fourth-order valence-electron chi connectivity index (χ4n) is 6.77. The Hall–Kier alpha value is -4.75. The zero-order chi connectivity index (χ0) is 37.2. The minimum absolute atomic E-state index is 0.00280. The molecule has 0 aromatic heterocycles. The van der Waals surface area contributed by atoms with Crippen molar-refractivity contribution in [1.82, 2.24) is 5.43 Å². The SMILES string of the molecule is COc1cccc2c1C(=O)c1c(O)c3c(c(O)c1C2=O)CC(O)(/C(C)=N/NC(=O)c1ccc(S(N)(=O)=O)cc1)CC3OC1CC(N)C(O)C(C)O1. The summed E-state index contributed by atoms with van der Waals surface area (Å²) >= 11 is 0. The van der Waals surface area contributed by atoms with Gasteiger partial charge in [0, 0.05) is 47.6 Å². The predicted molar refractivity (Wildman–Crippen MR) is 178 cm³/mol. The Balaban J connectivity index is 1.41. The molecule has 9 N–H and O–H groups in total. The van der Waals surface area contributed by atoms with Gasteiger partial charge in [-0.15, -0.1) is 0 Å². The maximum atomic E-state index is 13.9. The van der Waals surface area contributed by atoms with Crippen LogP contribution < -0.4 is 21.0 Å². The Bertz CT molecular complexity index is 2090. The highest BCUT2D eigenvalue weighted by atomic mass is 32.2. The Labute approximate surface area is 291 Å². The number of hydrogen-bond acceptors (Lipinski definition) is 14. The normalized spacial score (nSPS) is 26.2. The number of aliphatic hydroxyl groups excluding tert-OH is 1. The number of phenolic OH excluding ortho intramolecular Hbond substituents is 2. The van der Waals surface area contributed by atoms with Gasteiger partial charge in [-0.3, -0.25) is 14.4 Å². The molecule has 0 saturated carbocycles. The van der Waals surface area contributed by atoms with E-state index in [0.717, 1.165) is 12.1 Å². The minimum Gasteiger partial charge on any atom is -0.507 e. The van der Waals surface area contributed by atoms with Crippen molar-refractivity contribution < 1.29 is 57.4 Å². The summed E-state index contributed by atoms with van der Waals surface area (Å²) in [5.41, 5.74) is 5.07. The van der Waals surface area contributed by atoms with Crippen LogP contribution in [0.5, 0.6) is 17.2 Å². The van der Waals surface area contributed by atoms with E-state index in [4.69, 9.17) is 25.1 Å². The van der Waals surface area contributed by atoms with E-state index in [0.29, 0.717) is 0 Å². The number of aromatic hydroxyl groups is 2. The number of amides is 1. The first-order valence-corrected chi connectivity index (χ1v) is 17.3. The first-order chi connectivity index (χ1) is 24.0. The number of nitrogens with two attached hydrogens (primary N) is 2. The van der Waals surface area contributed by atoms with Gasteiger partial charge in [0.2, 0.25) is 15.8 Å². The number of carbonyl (C=O) groups excluding carboxylic acids is 3. The summed E-state index contributed by atoms with van der Waals surface area (Å²) in [5, 5.41) is 55.1. The number of rotatable bonds is 7. The highest BCUT2D eigenvalue weighted by Crippen LogP contribution is 2.52. The van der Waals surface area contributed by atoms with E-state index >= 15 is 0 Å². The Morgan fingerprint density at radius 2 is 1.73 bits per heavy atom. The van der Waals surface area contributed by atoms with Gasteiger partial charge >= 0.3 is 0 Å². The van der Waals surface area contributed by atoms with E-state index in [1.165, 1.54) is 44.4 Å². The van der Waals surface area contributed by atoms with Crippen molar-refractivity contribution in [2.24, 2.45) is 16.0 Å². The molecule has 0 bridgehead atoms. The molecule has 3 aromatic carbocycles. The van der Waals surface area contributed by atoms with E-state index in [-0.39, 0.29) is 57.0 Å². The monoisotopic (exact) mass is 724 g/mol. The van der Waals surface area contributed by atoms with E-state index in [1.54, 1.807) is 6.92 Å². The molecule has 1 fully saturated rings. The summed E-state index contributed by atoms with van der Waals surface area (Å²) in [4.78, 5) is 40.4. The van der Waals surface area contributed by atoms with Gasteiger partial charge in [-0.05, 0) is 44.2 Å². The number of sulfonamides is 1. The lowest BCUT2D eigenvalue weighted by Crippen LogP contribution is -2.52. The number of hydrazone groups is 1. The average Bonchev–Trinajstić information content (AvgIpc) is 3.08. The third kappa shape index (κ3) is 6.26. The Kier molecular flexibility index (Phi) is 9.26. The molecule has 1 aliphatic heterocycles. The van der Waals surface area contributed by atoms with Gasteiger partial charge in [-0.25, -0.2) is 19.0 Å². The molecule has 1 amide bonds. The van der Waals surface area contributed by atoms with Gasteiger partial charge in [-0.1, -0.05) is 12.1 Å². The van der Waals surface area contributed by atoms with Crippen molar-refractivity contribution in [1.29, 1.82) is 0 Å². The number of benzene rings is 3. The molecule has 6 unspecified atom stereocenters. The third-order valence-corrected chi connectivity index (χ3v) is 10.5. The third-order valence-electron chi connectivity index (χ3n) is 9.59. The van der Waals surface area contributed by atoms with Gasteiger partial charge in [0.05, 0.1) is 52.7 Å². The molecule has 51 heavy (non-hydrogen) atoms. The van der Waals surface area contributed by atoms with Gasteiger partial charge in [0.25, 0.3) is 5.91 Å². The van der Waals surface area contributed by atoms with Crippen LogP contribution in [-0.2, 0) is 25.9 Å². The van der Waals surface area contributed by atoms with E-state index in [2.05, 4.69) is 10.5 Å². The Morgan fingerprint density at radius 3 is 2.35 bits per heavy atom. The topological polar surface area (TPSA) is 270 Å². The van der Waals surface area contributed by atoms with Crippen LogP contribution in [0.1, 0.15) is 86.1 Å². The van der Waals surface area contributed by atoms with Gasteiger partial charge in [-0.2, -0.15) is 5.10 Å². The smallest absolute Gasteiger partial charge is 0.271 e. The second-order valence-electron chi connectivity index (χ2n) is 12.8. The van der Waals surface area contributed by atoms with Crippen LogP contribution in [-0.4, -0.2) is 89.3 Å². The summed E-state index contributed by atoms with van der Waals surface area (Å²) in [6, 6.07) is 8.34. The highest BCUT2D eigenvalue weighted by Gasteiger charge is 2.49. The van der Waals surface area contributed by atoms with Crippen LogP contribution in [0, 0.1) is 0 Å². The maximum Gasteiger partial charge on any atom is 0.271 e. The van der Waals surface area contributed by atoms with Crippen LogP contribution >= 0.6 is 0 Å². The van der Waals surface area contributed by atoms with Crippen molar-refractivity contribution in [3.63, 3.8) is 0 Å². The lowest BCUT2D eigenvalue weighted by Gasteiger charge is -2.42. The quantitative estimate of drug-likeness (QED) is 0.0794. The number of aliphatic hydroxyl groups is 2. The number of carbonyl (C=O) groups is 3. The van der Waals surface area contributed by atoms with Gasteiger partial charge in [0.1, 0.15) is 22.8 Å². The number of primary sulfonamides is 1. The number of ketones is 2. The van der Waals surface area contributed by atoms with E-state index in [9.17, 15) is 43.2 Å². The highest BCUT2D eigenvalue weighted by molar-refractivity contribution is 7.89. The van der Waals surface area contributed by atoms with Crippen molar-refractivity contribution in [2.45, 2.75) is 74.3 Å². The van der Waals surface area contributed by atoms with Crippen LogP contribution in [0.3, 0.4) is 0 Å². The van der Waals surface area contributed by atoms with Crippen molar-refractivity contribution in [3.8, 4) is 17.2 Å². The zero-order valence-electron chi connectivity index (χ0n) is 27.6. The first kappa shape index (κ1) is 36.1. The Morgan fingerprint density at radius 1 is 1.06 bits per heavy atom. The summed E-state index contributed by atoms with van der Waals surface area (Å²) in [6.45, 7) is 2.98. The zero-order valence-corrected chi connectivity index (χ0v) is 28.4. The molecule has 6 atom stereocenters. The number of methoxy groups -OCH3 is 1. The lowest BCUT2D eigenvalue weighted by molar-refractivity contribution is -0.245. The molecule has 1 saturated heterocycles. The maximum absolute atomic E-state index is 13.9. The average molecular weight is 725 g/mol. The largest absolute Gasteiger partial charge is 0.507 e. The number of nitrogens with one attached hydrogen (secondary N) is 1. The molecule has 0 spiro atoms. The molecule has 17 heteroatoms. The summed E-state index contributed by atoms with van der Waals surface area (Å²) < 4.78 is 40.6. The standard InChI is InChI=1S/C34H36N4O12S/c1-14-28(39)20(35)11-23(49-14)50-22-13-34(45,15(2)37-38-33(44)16-7-9-17(10-8-16)51(36,46)47)12-19-25(22)32(43)27-26(30(19)41)29(40)18-5-4-6-21(48-3)24(18)31(27)42/h4-10,14,20,22-23,28,39,41,43,45H,11-13,35H2,1-3H3,(H,38,44)(H2,36,46,47)/b37-15+. The van der Waals surface area contributed by atoms with Crippen molar-refractivity contribution in [2.75, 3.05) is 7.11 Å². The number of phenols is 2. The van der Waals surface area contributed by atoms with Crippen molar-refractivity contribution >= 4 is 33.2 Å². The molecule has 3 aliphatic rings. The second-order valence-corrected chi connectivity index (χ2v) is 14.3. The number of hydrogen-bond donors (Lipinski definition) is 7. The van der Waals surface area contributed by atoms with Crippen LogP contribution in [0.4, 0.5) is 0 Å². The molecule has 16 nitrogen and oxygen atoms in total. The molecule has 270 valence electrons. The van der Waals surface area contributed by atoms with Crippen LogP contribution in [0.25, 0.3) is 0 Å². The molecule has 1 heterocycles. The summed E-state index contributed by atoms with van der Waals surface area (Å²) in [7, 11) is -2.68. The lowest BCUT2D eigenvalue weighted by atomic mass is 9.71. The fourth-order valence-corrected chi connectivity index (χ4v) is 7.28. The second kappa shape index (κ2) is 13.1. The molecular formula is C34H36N4O12S. The fraction of sp³-hybridized carbons (Fsp3) is 0.353. The molecular weight excluding hydrogens is 688 g/mol. The summed E-state index contributed by atoms with van der Waals surface area (Å²) in [5.74, 6) is -3.55. The minimum atomic E-state index is -4.00. The van der Waals surface area contributed by atoms with Crippen LogP contribution in [0.2, 0.25) is 0 Å². The number of nitrogens with zero attached hydrogens (tertiary/aromatic N) is 1. The summed E-state index contributed by atoms with van der Waals surface area (Å²) in [6.07, 6.45) is -4.95. The predicted octanol–water partition coefficient (Wildman–Crippen LogP) is 0.893. The van der Waals surface area contributed by atoms with Crippen LogP contribution in [0.15, 0.2) is 52.5 Å². The molecule has 0 radical (unpaired) electrons. The van der Waals surface area contributed by atoms with Gasteiger partial charge < -0.3 is 40.4 Å². The van der Waals surface area contributed by atoms with E-state index in [1.807, 2.05) is 0 Å². The number of fused-ring (bicyclic) bond motifs is 3. The van der Waals surface area contributed by atoms with E-state index < -0.39 is 92.8 Å². The molecule has 2 aliphatic carbocycles.